The van der Waals surface area contributed by atoms with Crippen molar-refractivity contribution in [3.05, 3.63) is 52.2 Å². The number of piperidine rings is 1. The van der Waals surface area contributed by atoms with Crippen LogP contribution in [0.2, 0.25) is 0 Å². The van der Waals surface area contributed by atoms with E-state index in [9.17, 15) is 14.0 Å². The Kier molecular flexibility index (Phi) is 5.06. The molecule has 2 heterocycles. The van der Waals surface area contributed by atoms with Gasteiger partial charge in [0.05, 0.1) is 18.9 Å². The molecule has 2 aromatic rings. The van der Waals surface area contributed by atoms with Crippen molar-refractivity contribution >= 4 is 5.91 Å². The minimum Gasteiger partial charge on any atom is -0.494 e. The lowest BCUT2D eigenvalue weighted by Crippen LogP contribution is -2.43. The topological polar surface area (TPSA) is 64.4 Å². The van der Waals surface area contributed by atoms with Gasteiger partial charge in [0.1, 0.15) is 5.82 Å². The number of ether oxygens (including phenoxy) is 1. The van der Waals surface area contributed by atoms with Gasteiger partial charge in [-0.3, -0.25) is 9.59 Å². The van der Waals surface area contributed by atoms with Crippen LogP contribution in [0.3, 0.4) is 0 Å². The van der Waals surface area contributed by atoms with Gasteiger partial charge in [-0.25, -0.2) is 4.39 Å². The zero-order chi connectivity index (χ0) is 18.8. The standard InChI is InChI=1S/C19H22FN3O3/c1-12-8-13(2)11-22(10-12)19(25)18-16(26-3)9-17(24)23(21-18)15-6-4-14(20)5-7-15/h4-7,9,12-13H,8,10-11H2,1-3H3. The fourth-order valence-electron chi connectivity index (χ4n) is 3.49. The van der Waals surface area contributed by atoms with E-state index in [0.717, 1.165) is 11.1 Å². The summed E-state index contributed by atoms with van der Waals surface area (Å²) < 4.78 is 19.5. The van der Waals surface area contributed by atoms with Crippen LogP contribution < -0.4 is 10.3 Å². The van der Waals surface area contributed by atoms with E-state index in [1.54, 1.807) is 4.90 Å². The average molecular weight is 359 g/mol. The maximum Gasteiger partial charge on any atom is 0.278 e. The zero-order valence-corrected chi connectivity index (χ0v) is 15.1. The van der Waals surface area contributed by atoms with E-state index in [-0.39, 0.29) is 17.4 Å². The SMILES string of the molecule is COc1cc(=O)n(-c2ccc(F)cc2)nc1C(=O)N1CC(C)CC(C)C1. The number of nitrogens with zero attached hydrogens (tertiary/aromatic N) is 3. The predicted molar refractivity (Wildman–Crippen MR) is 95.2 cm³/mol. The molecular weight excluding hydrogens is 337 g/mol. The summed E-state index contributed by atoms with van der Waals surface area (Å²) >= 11 is 0. The van der Waals surface area contributed by atoms with Crippen LogP contribution in [0.5, 0.6) is 5.75 Å². The first-order valence-corrected chi connectivity index (χ1v) is 8.62. The Morgan fingerprint density at radius 3 is 2.38 bits per heavy atom. The molecule has 7 heteroatoms. The number of methoxy groups -OCH3 is 1. The monoisotopic (exact) mass is 359 g/mol. The molecule has 0 radical (unpaired) electrons. The lowest BCUT2D eigenvalue weighted by Gasteiger charge is -2.34. The smallest absolute Gasteiger partial charge is 0.278 e. The highest BCUT2D eigenvalue weighted by molar-refractivity contribution is 5.94. The van der Waals surface area contributed by atoms with Crippen molar-refractivity contribution in [1.82, 2.24) is 14.7 Å². The van der Waals surface area contributed by atoms with Gasteiger partial charge in [-0.05, 0) is 42.5 Å². The van der Waals surface area contributed by atoms with Crippen molar-refractivity contribution in [3.63, 3.8) is 0 Å². The van der Waals surface area contributed by atoms with E-state index >= 15 is 0 Å². The third-order valence-electron chi connectivity index (χ3n) is 4.55. The zero-order valence-electron chi connectivity index (χ0n) is 15.1. The van der Waals surface area contributed by atoms with E-state index in [1.165, 1.54) is 37.4 Å². The fraction of sp³-hybridized carbons (Fsp3) is 0.421. The molecule has 26 heavy (non-hydrogen) atoms. The summed E-state index contributed by atoms with van der Waals surface area (Å²) in [5, 5.41) is 4.23. The first kappa shape index (κ1) is 18.1. The fourth-order valence-corrected chi connectivity index (χ4v) is 3.49. The number of halogens is 1. The second kappa shape index (κ2) is 7.27. The summed E-state index contributed by atoms with van der Waals surface area (Å²) in [7, 11) is 1.40. The van der Waals surface area contributed by atoms with E-state index in [2.05, 4.69) is 18.9 Å². The second-order valence-corrected chi connectivity index (χ2v) is 6.94. The number of benzene rings is 1. The summed E-state index contributed by atoms with van der Waals surface area (Å²) in [4.78, 5) is 27.1. The Hall–Kier alpha value is -2.70. The van der Waals surface area contributed by atoms with Gasteiger partial charge in [-0.2, -0.15) is 9.78 Å². The summed E-state index contributed by atoms with van der Waals surface area (Å²) in [6.07, 6.45) is 1.07. The Bertz CT molecular complexity index is 853. The highest BCUT2D eigenvalue weighted by Crippen LogP contribution is 2.24. The average Bonchev–Trinajstić information content (AvgIpc) is 2.61. The number of amides is 1. The van der Waals surface area contributed by atoms with Crippen LogP contribution in [0.4, 0.5) is 4.39 Å². The molecule has 138 valence electrons. The quantitative estimate of drug-likeness (QED) is 0.845. The number of carbonyl (C=O) groups is 1. The maximum absolute atomic E-state index is 13.2. The molecular formula is C19H22FN3O3. The molecule has 1 amide bonds. The van der Waals surface area contributed by atoms with Gasteiger partial charge < -0.3 is 9.64 Å². The van der Waals surface area contributed by atoms with Crippen LogP contribution in [-0.4, -0.2) is 40.8 Å². The molecule has 0 aliphatic carbocycles. The van der Waals surface area contributed by atoms with Crippen molar-refractivity contribution in [2.45, 2.75) is 20.3 Å². The van der Waals surface area contributed by atoms with Crippen molar-refractivity contribution in [2.75, 3.05) is 20.2 Å². The third kappa shape index (κ3) is 3.61. The van der Waals surface area contributed by atoms with Crippen LogP contribution >= 0.6 is 0 Å². The molecule has 1 aromatic heterocycles. The van der Waals surface area contributed by atoms with E-state index in [4.69, 9.17) is 4.74 Å². The molecule has 1 fully saturated rings. The largest absolute Gasteiger partial charge is 0.494 e. The van der Waals surface area contributed by atoms with E-state index < -0.39 is 11.4 Å². The van der Waals surface area contributed by atoms with Gasteiger partial charge in [0.2, 0.25) is 0 Å². The molecule has 1 saturated heterocycles. The number of likely N-dealkylation sites (tertiary alicyclic amines) is 1. The van der Waals surface area contributed by atoms with Crippen LogP contribution in [0.1, 0.15) is 30.8 Å². The Balaban J connectivity index is 2.02. The third-order valence-corrected chi connectivity index (χ3v) is 4.55. The molecule has 3 rings (SSSR count). The van der Waals surface area contributed by atoms with Crippen molar-refractivity contribution in [1.29, 1.82) is 0 Å². The summed E-state index contributed by atoms with van der Waals surface area (Å²) in [6.45, 7) is 5.51. The minimum absolute atomic E-state index is 0.0812. The van der Waals surface area contributed by atoms with Crippen LogP contribution in [0, 0.1) is 17.7 Å². The second-order valence-electron chi connectivity index (χ2n) is 6.94. The van der Waals surface area contributed by atoms with E-state index in [0.29, 0.717) is 30.6 Å². The number of rotatable bonds is 3. The Morgan fingerprint density at radius 2 is 1.81 bits per heavy atom. The Labute approximate surface area is 151 Å². The normalized spacial score (nSPS) is 20.1. The highest BCUT2D eigenvalue weighted by Gasteiger charge is 2.29. The van der Waals surface area contributed by atoms with E-state index in [1.807, 2.05) is 0 Å². The summed E-state index contributed by atoms with van der Waals surface area (Å²) in [5.74, 6) is 0.261. The number of hydrogen-bond donors (Lipinski definition) is 0. The van der Waals surface area contributed by atoms with Crippen molar-refractivity contribution in [3.8, 4) is 11.4 Å². The predicted octanol–water partition coefficient (Wildman–Crippen LogP) is 2.50. The molecule has 1 aromatic carbocycles. The first-order chi connectivity index (χ1) is 12.4. The van der Waals surface area contributed by atoms with Gasteiger partial charge in [0, 0.05) is 13.1 Å². The van der Waals surface area contributed by atoms with Crippen LogP contribution in [0.15, 0.2) is 35.1 Å². The minimum atomic E-state index is -0.453. The molecule has 6 nitrogen and oxygen atoms in total. The number of aromatic nitrogens is 2. The summed E-state index contributed by atoms with van der Waals surface area (Å²) in [6, 6.07) is 6.60. The molecule has 2 atom stereocenters. The Morgan fingerprint density at radius 1 is 1.19 bits per heavy atom. The summed E-state index contributed by atoms with van der Waals surface area (Å²) in [5.41, 5.74) is 0.0107. The van der Waals surface area contributed by atoms with Crippen molar-refractivity contribution < 1.29 is 13.9 Å². The first-order valence-electron chi connectivity index (χ1n) is 8.62. The maximum atomic E-state index is 13.2. The van der Waals surface area contributed by atoms with Gasteiger partial charge in [0.25, 0.3) is 11.5 Å². The molecule has 0 saturated carbocycles. The van der Waals surface area contributed by atoms with Gasteiger partial charge in [-0.1, -0.05) is 13.8 Å². The molecule has 1 aliphatic rings. The lowest BCUT2D eigenvalue weighted by molar-refractivity contribution is 0.0611. The molecule has 0 spiro atoms. The van der Waals surface area contributed by atoms with Gasteiger partial charge >= 0.3 is 0 Å². The lowest BCUT2D eigenvalue weighted by atomic mass is 9.92. The molecule has 2 unspecified atom stereocenters. The highest BCUT2D eigenvalue weighted by atomic mass is 19.1. The van der Waals surface area contributed by atoms with Crippen LogP contribution in [-0.2, 0) is 0 Å². The number of carbonyl (C=O) groups excluding carboxylic acids is 1. The van der Waals surface area contributed by atoms with Crippen LogP contribution in [0.25, 0.3) is 5.69 Å². The van der Waals surface area contributed by atoms with Gasteiger partial charge in [0.15, 0.2) is 11.4 Å². The number of hydrogen-bond acceptors (Lipinski definition) is 4. The van der Waals surface area contributed by atoms with Gasteiger partial charge in [-0.15, -0.1) is 0 Å². The molecule has 1 aliphatic heterocycles. The molecule has 0 N–H and O–H groups in total. The van der Waals surface area contributed by atoms with Crippen molar-refractivity contribution in [2.24, 2.45) is 11.8 Å². The molecule has 0 bridgehead atoms.